The summed E-state index contributed by atoms with van der Waals surface area (Å²) in [4.78, 5) is 23.0. The molecule has 2 N–H and O–H groups in total. The minimum Gasteiger partial charge on any atom is -0.494 e. The highest BCUT2D eigenvalue weighted by molar-refractivity contribution is 5.95. The lowest BCUT2D eigenvalue weighted by Gasteiger charge is -2.33. The first-order valence-electron chi connectivity index (χ1n) is 10.7. The van der Waals surface area contributed by atoms with Crippen LogP contribution in [-0.4, -0.2) is 44.3 Å². The molecule has 0 saturated carbocycles. The highest BCUT2D eigenvalue weighted by Gasteiger charge is 2.36. The number of halogens is 3. The fourth-order valence-corrected chi connectivity index (χ4v) is 4.47. The number of ether oxygens (including phenoxy) is 1. The third-order valence-corrected chi connectivity index (χ3v) is 6.15. The molecule has 0 spiro atoms. The summed E-state index contributed by atoms with van der Waals surface area (Å²) >= 11 is 0. The van der Waals surface area contributed by atoms with Gasteiger partial charge in [0.2, 0.25) is 5.95 Å². The number of nitrogens with zero attached hydrogens (tertiary/aromatic N) is 6. The van der Waals surface area contributed by atoms with Gasteiger partial charge < -0.3 is 19.9 Å². The van der Waals surface area contributed by atoms with Gasteiger partial charge >= 0.3 is 6.18 Å². The van der Waals surface area contributed by atoms with E-state index in [-0.39, 0.29) is 11.9 Å². The average molecular weight is 473 g/mol. The van der Waals surface area contributed by atoms with E-state index in [0.717, 1.165) is 28.9 Å². The van der Waals surface area contributed by atoms with Crippen LogP contribution in [0.4, 0.5) is 24.8 Å². The zero-order valence-electron chi connectivity index (χ0n) is 18.5. The van der Waals surface area contributed by atoms with Crippen LogP contribution in [0.2, 0.25) is 0 Å². The maximum Gasteiger partial charge on any atom is 0.421 e. The number of piperidine rings is 1. The van der Waals surface area contributed by atoms with Crippen molar-refractivity contribution in [2.45, 2.75) is 24.9 Å². The van der Waals surface area contributed by atoms with Gasteiger partial charge in [-0.3, -0.25) is 4.79 Å². The zero-order chi connectivity index (χ0) is 24.2. The highest BCUT2D eigenvalue weighted by Crippen LogP contribution is 2.33. The summed E-state index contributed by atoms with van der Waals surface area (Å²) in [7, 11) is 2.87. The smallest absolute Gasteiger partial charge is 0.421 e. The Balaban J connectivity index is 1.53. The van der Waals surface area contributed by atoms with Crippen LogP contribution < -0.4 is 20.9 Å². The molecule has 0 amide bonds. The topological polar surface area (TPSA) is 104 Å². The van der Waals surface area contributed by atoms with Crippen molar-refractivity contribution < 1.29 is 17.9 Å². The van der Waals surface area contributed by atoms with Gasteiger partial charge in [-0.05, 0) is 31.0 Å². The van der Waals surface area contributed by atoms with E-state index < -0.39 is 17.3 Å². The van der Waals surface area contributed by atoms with Gasteiger partial charge in [0, 0.05) is 37.6 Å². The van der Waals surface area contributed by atoms with Crippen LogP contribution in [0.15, 0.2) is 35.3 Å². The zero-order valence-corrected chi connectivity index (χ0v) is 18.5. The quantitative estimate of drug-likeness (QED) is 0.488. The standard InChI is InChI=1S/C22H22F3N7O2/c1-30-11-13(9-15(20(30)33)22(23,24)25)31-8-4-5-12(10-31)18-28-19-14-6-3-7-16(34-2)17(14)27-21(26)32(19)29-18/h3,6-7,9,11-12H,4-5,8,10H2,1-2H3,(H2,26,27)/t12-/m1/s1. The number of anilines is 2. The van der Waals surface area contributed by atoms with E-state index in [9.17, 15) is 18.0 Å². The summed E-state index contributed by atoms with van der Waals surface area (Å²) in [6, 6.07) is 6.38. The highest BCUT2D eigenvalue weighted by atomic mass is 19.4. The van der Waals surface area contributed by atoms with Crippen molar-refractivity contribution >= 4 is 28.2 Å². The first-order valence-corrected chi connectivity index (χ1v) is 10.7. The van der Waals surface area contributed by atoms with Crippen LogP contribution in [0.1, 0.15) is 30.1 Å². The minimum atomic E-state index is -4.73. The molecule has 5 rings (SSSR count). The Morgan fingerprint density at radius 1 is 1.24 bits per heavy atom. The van der Waals surface area contributed by atoms with Gasteiger partial charge in [0.05, 0.1) is 12.8 Å². The van der Waals surface area contributed by atoms with Gasteiger partial charge in [-0.1, -0.05) is 6.07 Å². The van der Waals surface area contributed by atoms with Gasteiger partial charge in [-0.25, -0.2) is 9.97 Å². The fraction of sp³-hybridized carbons (Fsp3) is 0.364. The average Bonchev–Trinajstić information content (AvgIpc) is 3.26. The minimum absolute atomic E-state index is 0.139. The first kappa shape index (κ1) is 22.0. The van der Waals surface area contributed by atoms with Crippen molar-refractivity contribution in [1.29, 1.82) is 0 Å². The fourth-order valence-electron chi connectivity index (χ4n) is 4.47. The maximum atomic E-state index is 13.4. The van der Waals surface area contributed by atoms with Crippen molar-refractivity contribution in [3.63, 3.8) is 0 Å². The van der Waals surface area contributed by atoms with Crippen molar-refractivity contribution in [2.24, 2.45) is 7.05 Å². The number of benzene rings is 1. The van der Waals surface area contributed by atoms with Crippen LogP contribution >= 0.6 is 0 Å². The number of methoxy groups -OCH3 is 1. The largest absolute Gasteiger partial charge is 0.494 e. The molecule has 1 aromatic carbocycles. The number of nitrogen functional groups attached to an aromatic ring is 1. The Hall–Kier alpha value is -3.83. The Labute approximate surface area is 191 Å². The lowest BCUT2D eigenvalue weighted by Crippen LogP contribution is -2.36. The molecule has 0 bridgehead atoms. The molecule has 9 nitrogen and oxygen atoms in total. The number of hydrogen-bond acceptors (Lipinski definition) is 7. The molecule has 178 valence electrons. The second-order valence-corrected chi connectivity index (χ2v) is 8.34. The first-order chi connectivity index (χ1) is 16.2. The monoisotopic (exact) mass is 473 g/mol. The van der Waals surface area contributed by atoms with Gasteiger partial charge in [-0.15, -0.1) is 5.10 Å². The van der Waals surface area contributed by atoms with E-state index in [2.05, 4.69) is 10.1 Å². The van der Waals surface area contributed by atoms with E-state index >= 15 is 0 Å². The summed E-state index contributed by atoms with van der Waals surface area (Å²) in [6.45, 7) is 0.962. The SMILES string of the molecule is COc1cccc2c1nc(N)n1nc([C@@H]3CCCN(c4cc(C(F)(F)F)c(=O)n(C)c4)C3)nc21. The Morgan fingerprint density at radius 3 is 2.76 bits per heavy atom. The van der Waals surface area contributed by atoms with Crippen LogP contribution in [0.5, 0.6) is 5.75 Å². The van der Waals surface area contributed by atoms with Crippen LogP contribution in [0, 0.1) is 0 Å². The van der Waals surface area contributed by atoms with Crippen LogP contribution in [0.25, 0.3) is 16.6 Å². The molecule has 1 fully saturated rings. The Bertz CT molecular complexity index is 1460. The molecule has 1 aliphatic heterocycles. The third kappa shape index (κ3) is 3.58. The number of pyridine rings is 1. The number of rotatable bonds is 3. The molecule has 0 unspecified atom stereocenters. The third-order valence-electron chi connectivity index (χ3n) is 6.15. The summed E-state index contributed by atoms with van der Waals surface area (Å²) < 4.78 is 47.9. The predicted octanol–water partition coefficient (Wildman–Crippen LogP) is 2.97. The Kier molecular flexibility index (Phi) is 5.10. The van der Waals surface area contributed by atoms with Gasteiger partial charge in [0.1, 0.15) is 16.8 Å². The number of fused-ring (bicyclic) bond motifs is 3. The van der Waals surface area contributed by atoms with Gasteiger partial charge in [0.15, 0.2) is 11.5 Å². The summed E-state index contributed by atoms with van der Waals surface area (Å²) in [5.41, 5.74) is 5.33. The number of aryl methyl sites for hydroxylation is 1. The maximum absolute atomic E-state index is 13.4. The second kappa shape index (κ2) is 7.89. The lowest BCUT2D eigenvalue weighted by molar-refractivity contribution is -0.138. The number of para-hydroxylation sites is 1. The van der Waals surface area contributed by atoms with Crippen molar-refractivity contribution in [3.05, 3.63) is 52.2 Å². The molecule has 3 aromatic heterocycles. The molecule has 34 heavy (non-hydrogen) atoms. The second-order valence-electron chi connectivity index (χ2n) is 8.34. The number of hydrogen-bond donors (Lipinski definition) is 1. The molecule has 0 radical (unpaired) electrons. The molecule has 1 aliphatic rings. The van der Waals surface area contributed by atoms with Crippen LogP contribution in [-0.2, 0) is 13.2 Å². The number of aromatic nitrogens is 5. The number of alkyl halides is 3. The van der Waals surface area contributed by atoms with Crippen molar-refractivity contribution in [2.75, 3.05) is 30.8 Å². The molecular weight excluding hydrogens is 451 g/mol. The summed E-state index contributed by atoms with van der Waals surface area (Å²) in [5, 5.41) is 5.30. The molecule has 4 aromatic rings. The molecule has 0 aliphatic carbocycles. The normalized spacial score (nSPS) is 17.0. The lowest BCUT2D eigenvalue weighted by atomic mass is 9.97. The molecule has 12 heteroatoms. The molecular formula is C22H22F3N7O2. The molecule has 4 heterocycles. The molecule has 1 saturated heterocycles. The van der Waals surface area contributed by atoms with Gasteiger partial charge in [0.25, 0.3) is 5.56 Å². The van der Waals surface area contributed by atoms with Crippen LogP contribution in [0.3, 0.4) is 0 Å². The van der Waals surface area contributed by atoms with E-state index in [4.69, 9.17) is 15.5 Å². The van der Waals surface area contributed by atoms with Gasteiger partial charge in [-0.2, -0.15) is 17.7 Å². The molecule has 1 atom stereocenters. The Morgan fingerprint density at radius 2 is 2.03 bits per heavy atom. The van der Waals surface area contributed by atoms with Crippen molar-refractivity contribution in [3.8, 4) is 5.75 Å². The summed E-state index contributed by atoms with van der Waals surface area (Å²) in [5.74, 6) is 1.12. The van der Waals surface area contributed by atoms with Crippen molar-refractivity contribution in [1.82, 2.24) is 24.1 Å². The van der Waals surface area contributed by atoms with E-state index in [1.165, 1.54) is 17.8 Å². The number of nitrogens with two attached hydrogens (primary N) is 1. The van der Waals surface area contributed by atoms with E-state index in [1.807, 2.05) is 17.0 Å². The summed E-state index contributed by atoms with van der Waals surface area (Å²) in [6.07, 6.45) is -1.80. The predicted molar refractivity (Wildman–Crippen MR) is 120 cm³/mol. The van der Waals surface area contributed by atoms with E-state index in [0.29, 0.717) is 41.5 Å². The van der Waals surface area contributed by atoms with E-state index in [1.54, 1.807) is 13.2 Å².